The van der Waals surface area contributed by atoms with Crippen molar-refractivity contribution in [3.63, 3.8) is 0 Å². The van der Waals surface area contributed by atoms with Gasteiger partial charge in [-0.1, -0.05) is 6.07 Å². The molecule has 0 radical (unpaired) electrons. The van der Waals surface area contributed by atoms with E-state index in [0.29, 0.717) is 11.5 Å². The predicted octanol–water partition coefficient (Wildman–Crippen LogP) is 0.623. The van der Waals surface area contributed by atoms with E-state index in [1.807, 2.05) is 12.1 Å². The number of nitrogens with one attached hydrogen (secondary N) is 1. The van der Waals surface area contributed by atoms with Crippen LogP contribution in [0.3, 0.4) is 0 Å². The lowest BCUT2D eigenvalue weighted by Gasteiger charge is -2.19. The number of nitrogens with zero attached hydrogens (tertiary/aromatic N) is 1. The van der Waals surface area contributed by atoms with Crippen molar-refractivity contribution < 1.29 is 28.9 Å². The fraction of sp³-hybridized carbons (Fsp3) is 0.500. The number of fused-ring (bicyclic) bond motifs is 1. The maximum atomic E-state index is 12.0. The summed E-state index contributed by atoms with van der Waals surface area (Å²) in [7, 11) is 0. The highest BCUT2D eigenvalue weighted by Gasteiger charge is 2.44. The number of hydrogen-bond acceptors (Lipinski definition) is 6. The highest BCUT2D eigenvalue weighted by Crippen LogP contribution is 2.32. The maximum absolute atomic E-state index is 12.0. The van der Waals surface area contributed by atoms with Gasteiger partial charge in [0.15, 0.2) is 11.5 Å². The molecular formula is C16H20N2O6. The van der Waals surface area contributed by atoms with Gasteiger partial charge in [0.1, 0.15) is 5.54 Å². The number of carbonyl (C=O) groups is 2. The average Bonchev–Trinajstić information content (AvgIpc) is 3.05. The molecule has 2 N–H and O–H groups in total. The first-order valence-electron chi connectivity index (χ1n) is 7.65. The summed E-state index contributed by atoms with van der Waals surface area (Å²) >= 11 is 0. The lowest BCUT2D eigenvalue weighted by molar-refractivity contribution is -0.131. The van der Waals surface area contributed by atoms with Crippen LogP contribution in [0.25, 0.3) is 0 Å². The van der Waals surface area contributed by atoms with Gasteiger partial charge in [0.25, 0.3) is 5.91 Å². The normalized spacial score (nSPS) is 19.5. The van der Waals surface area contributed by atoms with Crippen LogP contribution in [0.5, 0.6) is 11.5 Å². The molecule has 2 aliphatic rings. The summed E-state index contributed by atoms with van der Waals surface area (Å²) in [4.78, 5) is 24.8. The van der Waals surface area contributed by atoms with E-state index in [9.17, 15) is 14.7 Å². The minimum atomic E-state index is -0.956. The molecule has 24 heavy (non-hydrogen) atoms. The number of benzene rings is 1. The Morgan fingerprint density at radius 1 is 1.33 bits per heavy atom. The average molecular weight is 336 g/mol. The van der Waals surface area contributed by atoms with E-state index in [1.165, 1.54) is 0 Å². The van der Waals surface area contributed by atoms with E-state index in [1.54, 1.807) is 19.9 Å². The highest BCUT2D eigenvalue weighted by molar-refractivity contribution is 6.06. The number of carbonyl (C=O) groups excluding carboxylic acids is 2. The van der Waals surface area contributed by atoms with Gasteiger partial charge in [-0.3, -0.25) is 9.69 Å². The predicted molar refractivity (Wildman–Crippen MR) is 82.6 cm³/mol. The Bertz CT molecular complexity index is 660. The summed E-state index contributed by atoms with van der Waals surface area (Å²) in [5.74, 6) is 1.00. The third-order valence-corrected chi connectivity index (χ3v) is 3.85. The molecule has 1 atom stereocenters. The molecule has 0 aliphatic carbocycles. The summed E-state index contributed by atoms with van der Waals surface area (Å²) in [6, 6.07) is 4.96. The first-order valence-corrected chi connectivity index (χ1v) is 7.65. The van der Waals surface area contributed by atoms with Gasteiger partial charge in [-0.2, -0.15) is 0 Å². The molecule has 1 fully saturated rings. The van der Waals surface area contributed by atoms with Gasteiger partial charge in [-0.25, -0.2) is 4.79 Å². The van der Waals surface area contributed by atoms with Gasteiger partial charge < -0.3 is 24.6 Å². The molecule has 3 rings (SSSR count). The quantitative estimate of drug-likeness (QED) is 0.739. The van der Waals surface area contributed by atoms with E-state index in [4.69, 9.17) is 14.2 Å². The zero-order valence-electron chi connectivity index (χ0n) is 13.6. The number of urea groups is 1. The Morgan fingerprint density at radius 2 is 2.08 bits per heavy atom. The first-order chi connectivity index (χ1) is 11.4. The van der Waals surface area contributed by atoms with E-state index >= 15 is 0 Å². The standard InChI is InChI=1S/C16H20N2O6/c1-16(2)14(20)18(15(21)17-16)6-11(19)8-22-7-10-3-4-12-13(5-10)24-9-23-12/h3-5,11,19H,6-9H2,1-2H3,(H,17,21)/t11-/m1/s1. The Balaban J connectivity index is 1.47. The van der Waals surface area contributed by atoms with Crippen molar-refractivity contribution in [2.45, 2.75) is 32.1 Å². The molecule has 8 heteroatoms. The molecule has 8 nitrogen and oxygen atoms in total. The lowest BCUT2D eigenvalue weighted by Crippen LogP contribution is -2.42. The van der Waals surface area contributed by atoms with Crippen LogP contribution in [0.2, 0.25) is 0 Å². The van der Waals surface area contributed by atoms with Gasteiger partial charge in [0.2, 0.25) is 6.79 Å². The molecule has 0 unspecified atom stereocenters. The molecule has 0 bridgehead atoms. The molecule has 1 aromatic carbocycles. The smallest absolute Gasteiger partial charge is 0.325 e. The molecule has 0 aromatic heterocycles. The minimum absolute atomic E-state index is 0.00588. The SMILES string of the molecule is CC1(C)NC(=O)N(C[C@@H](O)COCc2ccc3c(c2)OCO3)C1=O. The molecule has 0 saturated carbocycles. The van der Waals surface area contributed by atoms with E-state index in [2.05, 4.69) is 5.32 Å². The van der Waals surface area contributed by atoms with E-state index < -0.39 is 17.7 Å². The third-order valence-electron chi connectivity index (χ3n) is 3.85. The Kier molecular flexibility index (Phi) is 4.33. The Morgan fingerprint density at radius 3 is 2.79 bits per heavy atom. The second-order valence-corrected chi connectivity index (χ2v) is 6.33. The topological polar surface area (TPSA) is 97.3 Å². The van der Waals surface area contributed by atoms with Crippen LogP contribution in [0.15, 0.2) is 18.2 Å². The molecule has 1 aromatic rings. The van der Waals surface area contributed by atoms with Crippen molar-refractivity contribution in [1.29, 1.82) is 0 Å². The number of aliphatic hydroxyl groups is 1. The Hall–Kier alpha value is -2.32. The monoisotopic (exact) mass is 336 g/mol. The lowest BCUT2D eigenvalue weighted by atomic mass is 10.1. The fourth-order valence-corrected chi connectivity index (χ4v) is 2.59. The second-order valence-electron chi connectivity index (χ2n) is 6.33. The minimum Gasteiger partial charge on any atom is -0.454 e. The number of rotatable bonds is 6. The number of aliphatic hydroxyl groups excluding tert-OH is 1. The van der Waals surface area contributed by atoms with Crippen molar-refractivity contribution in [1.82, 2.24) is 10.2 Å². The summed E-state index contributed by atoms with van der Waals surface area (Å²) in [6.07, 6.45) is -0.956. The molecule has 0 spiro atoms. The maximum Gasteiger partial charge on any atom is 0.325 e. The number of ether oxygens (including phenoxy) is 3. The summed E-state index contributed by atoms with van der Waals surface area (Å²) in [6.45, 7) is 3.63. The molecule has 130 valence electrons. The largest absolute Gasteiger partial charge is 0.454 e. The van der Waals surface area contributed by atoms with Crippen LogP contribution in [-0.2, 0) is 16.1 Å². The van der Waals surface area contributed by atoms with Gasteiger partial charge in [0, 0.05) is 0 Å². The van der Waals surface area contributed by atoms with Gasteiger partial charge in [-0.15, -0.1) is 0 Å². The first kappa shape index (κ1) is 16.5. The molecule has 2 heterocycles. The van der Waals surface area contributed by atoms with Crippen molar-refractivity contribution in [2.75, 3.05) is 19.9 Å². The van der Waals surface area contributed by atoms with Crippen molar-refractivity contribution in [3.05, 3.63) is 23.8 Å². The highest BCUT2D eigenvalue weighted by atomic mass is 16.7. The van der Waals surface area contributed by atoms with E-state index in [0.717, 1.165) is 10.5 Å². The van der Waals surface area contributed by atoms with Gasteiger partial charge >= 0.3 is 6.03 Å². The van der Waals surface area contributed by atoms with Gasteiger partial charge in [0.05, 0.1) is 25.9 Å². The molecular weight excluding hydrogens is 316 g/mol. The Labute approximate surface area is 139 Å². The summed E-state index contributed by atoms with van der Waals surface area (Å²) in [5, 5.41) is 12.6. The van der Waals surface area contributed by atoms with Crippen molar-refractivity contribution >= 4 is 11.9 Å². The summed E-state index contributed by atoms with van der Waals surface area (Å²) in [5.41, 5.74) is -0.0629. The van der Waals surface area contributed by atoms with Crippen molar-refractivity contribution in [2.24, 2.45) is 0 Å². The zero-order valence-corrected chi connectivity index (χ0v) is 13.6. The molecule has 3 amide bonds. The van der Waals surface area contributed by atoms with Gasteiger partial charge in [-0.05, 0) is 31.5 Å². The van der Waals surface area contributed by atoms with Crippen LogP contribution in [-0.4, -0.2) is 53.5 Å². The number of imide groups is 1. The van der Waals surface area contributed by atoms with E-state index in [-0.39, 0.29) is 32.5 Å². The number of amides is 3. The summed E-state index contributed by atoms with van der Waals surface area (Å²) < 4.78 is 16.0. The molecule has 2 aliphatic heterocycles. The van der Waals surface area contributed by atoms with Crippen LogP contribution in [0.1, 0.15) is 19.4 Å². The number of β-amino-alcohol motifs (C(OH)–C–C–N with tert-alkyl or cyclic N) is 1. The third kappa shape index (κ3) is 3.29. The van der Waals surface area contributed by atoms with Crippen LogP contribution < -0.4 is 14.8 Å². The zero-order chi connectivity index (χ0) is 17.3. The number of hydrogen-bond donors (Lipinski definition) is 2. The van der Waals surface area contributed by atoms with Crippen LogP contribution in [0, 0.1) is 0 Å². The van der Waals surface area contributed by atoms with Crippen molar-refractivity contribution in [3.8, 4) is 11.5 Å². The second kappa shape index (κ2) is 6.29. The fourth-order valence-electron chi connectivity index (χ4n) is 2.59. The van der Waals surface area contributed by atoms with Crippen LogP contribution >= 0.6 is 0 Å². The van der Waals surface area contributed by atoms with Crippen LogP contribution in [0.4, 0.5) is 4.79 Å². The molecule has 1 saturated heterocycles.